The first-order valence-corrected chi connectivity index (χ1v) is 11.2. The highest BCUT2D eigenvalue weighted by atomic mass is 35.5. The van der Waals surface area contributed by atoms with Crippen molar-refractivity contribution in [2.45, 2.75) is 26.2 Å². The van der Waals surface area contributed by atoms with Crippen molar-refractivity contribution >= 4 is 34.1 Å². The van der Waals surface area contributed by atoms with Crippen molar-refractivity contribution in [2.24, 2.45) is 5.92 Å². The number of hydrogen-bond acceptors (Lipinski definition) is 5. The van der Waals surface area contributed by atoms with Crippen LogP contribution in [0.3, 0.4) is 0 Å². The number of halogens is 1. The molecule has 0 aliphatic carbocycles. The number of fused-ring (bicyclic) bond motifs is 1. The van der Waals surface area contributed by atoms with Gasteiger partial charge in [0, 0.05) is 62.3 Å². The van der Waals surface area contributed by atoms with Crippen LogP contribution in [0.4, 0.5) is 5.69 Å². The van der Waals surface area contributed by atoms with Crippen molar-refractivity contribution in [1.82, 2.24) is 14.8 Å². The van der Waals surface area contributed by atoms with Crippen LogP contribution in [0.5, 0.6) is 0 Å². The summed E-state index contributed by atoms with van der Waals surface area (Å²) in [5, 5.41) is 11.2. The van der Waals surface area contributed by atoms with Crippen LogP contribution in [0.15, 0.2) is 24.4 Å². The van der Waals surface area contributed by atoms with Gasteiger partial charge in [0.1, 0.15) is 6.07 Å². The maximum absolute atomic E-state index is 12.8. The number of hydrogen-bond donors (Lipinski definition) is 0. The number of amides is 1. The predicted molar refractivity (Wildman–Crippen MR) is 120 cm³/mol. The van der Waals surface area contributed by atoms with Gasteiger partial charge in [0.2, 0.25) is 5.91 Å². The number of nitriles is 1. The van der Waals surface area contributed by atoms with Gasteiger partial charge in [-0.15, -0.1) is 0 Å². The molecule has 0 spiro atoms. The second kappa shape index (κ2) is 9.20. The first-order valence-electron chi connectivity index (χ1n) is 10.8. The SMILES string of the molecule is CCN1CCN(C(=O)CC2CCN(c3c(C#N)cnc4ccc(Cl)cc34)CC2)CC1. The molecule has 4 rings (SSSR count). The molecule has 158 valence electrons. The van der Waals surface area contributed by atoms with E-state index in [2.05, 4.69) is 27.8 Å². The summed E-state index contributed by atoms with van der Waals surface area (Å²) in [7, 11) is 0. The highest BCUT2D eigenvalue weighted by Gasteiger charge is 2.27. The molecule has 2 aliphatic rings. The van der Waals surface area contributed by atoms with E-state index in [-0.39, 0.29) is 0 Å². The van der Waals surface area contributed by atoms with E-state index in [9.17, 15) is 10.1 Å². The number of anilines is 1. The number of rotatable bonds is 4. The Balaban J connectivity index is 1.41. The molecule has 0 unspecified atom stereocenters. The van der Waals surface area contributed by atoms with Crippen LogP contribution in [0.1, 0.15) is 31.7 Å². The summed E-state index contributed by atoms with van der Waals surface area (Å²) in [6.45, 7) is 8.55. The smallest absolute Gasteiger partial charge is 0.222 e. The molecule has 1 aromatic heterocycles. The number of carbonyl (C=O) groups excluding carboxylic acids is 1. The maximum atomic E-state index is 12.8. The fourth-order valence-electron chi connectivity index (χ4n) is 4.62. The summed E-state index contributed by atoms with van der Waals surface area (Å²) in [5.41, 5.74) is 2.34. The van der Waals surface area contributed by atoms with Crippen LogP contribution in [0.2, 0.25) is 5.02 Å². The highest BCUT2D eigenvalue weighted by molar-refractivity contribution is 6.31. The van der Waals surface area contributed by atoms with Crippen molar-refractivity contribution in [3.05, 3.63) is 35.0 Å². The Morgan fingerprint density at radius 1 is 1.20 bits per heavy atom. The van der Waals surface area contributed by atoms with E-state index in [1.54, 1.807) is 6.20 Å². The first-order chi connectivity index (χ1) is 14.6. The van der Waals surface area contributed by atoms with Gasteiger partial charge in [0.25, 0.3) is 0 Å². The summed E-state index contributed by atoms with van der Waals surface area (Å²) in [6, 6.07) is 7.90. The number of likely N-dealkylation sites (N-methyl/N-ethyl adjacent to an activating group) is 1. The molecule has 2 fully saturated rings. The molecule has 0 bridgehead atoms. The Hall–Kier alpha value is -2.36. The van der Waals surface area contributed by atoms with E-state index in [1.807, 2.05) is 23.1 Å². The zero-order valence-corrected chi connectivity index (χ0v) is 18.2. The predicted octanol–water partition coefficient (Wildman–Crippen LogP) is 3.53. The third-order valence-electron chi connectivity index (χ3n) is 6.49. The molecule has 30 heavy (non-hydrogen) atoms. The van der Waals surface area contributed by atoms with E-state index in [0.29, 0.717) is 28.8 Å². The van der Waals surface area contributed by atoms with Gasteiger partial charge in [0.05, 0.1) is 16.8 Å². The third-order valence-corrected chi connectivity index (χ3v) is 6.72. The standard InChI is InChI=1S/C23H28ClN5O/c1-2-27-9-11-28(12-10-27)22(30)13-17-5-7-29(8-6-17)23-18(15-25)16-26-21-4-3-19(24)14-20(21)23/h3-4,14,16-17H,2,5-13H2,1H3. The number of piperazine rings is 1. The zero-order valence-electron chi connectivity index (χ0n) is 17.5. The van der Waals surface area contributed by atoms with Gasteiger partial charge in [0.15, 0.2) is 0 Å². The summed E-state index contributed by atoms with van der Waals surface area (Å²) < 4.78 is 0. The van der Waals surface area contributed by atoms with Crippen molar-refractivity contribution in [3.63, 3.8) is 0 Å². The minimum absolute atomic E-state index is 0.294. The lowest BCUT2D eigenvalue weighted by atomic mass is 9.92. The van der Waals surface area contributed by atoms with Gasteiger partial charge < -0.3 is 14.7 Å². The molecule has 2 aromatic rings. The van der Waals surface area contributed by atoms with Crippen LogP contribution in [-0.4, -0.2) is 66.5 Å². The fourth-order valence-corrected chi connectivity index (χ4v) is 4.80. The molecule has 2 aliphatic heterocycles. The van der Waals surface area contributed by atoms with E-state index in [4.69, 9.17) is 11.6 Å². The molecular weight excluding hydrogens is 398 g/mol. The highest BCUT2D eigenvalue weighted by Crippen LogP contribution is 2.34. The van der Waals surface area contributed by atoms with Crippen molar-refractivity contribution < 1.29 is 4.79 Å². The minimum Gasteiger partial charge on any atom is -0.370 e. The molecule has 1 aromatic carbocycles. The number of benzene rings is 1. The summed E-state index contributed by atoms with van der Waals surface area (Å²) in [6.07, 6.45) is 4.19. The van der Waals surface area contributed by atoms with Crippen LogP contribution in [0, 0.1) is 17.2 Å². The van der Waals surface area contributed by atoms with Crippen molar-refractivity contribution in [3.8, 4) is 6.07 Å². The maximum Gasteiger partial charge on any atom is 0.222 e. The van der Waals surface area contributed by atoms with E-state index in [0.717, 1.165) is 75.2 Å². The van der Waals surface area contributed by atoms with Gasteiger partial charge in [-0.3, -0.25) is 9.78 Å². The second-order valence-electron chi connectivity index (χ2n) is 8.24. The van der Waals surface area contributed by atoms with Gasteiger partial charge in [-0.25, -0.2) is 0 Å². The van der Waals surface area contributed by atoms with Gasteiger partial charge >= 0.3 is 0 Å². The number of piperidine rings is 1. The monoisotopic (exact) mass is 425 g/mol. The minimum atomic E-state index is 0.294. The van der Waals surface area contributed by atoms with E-state index in [1.165, 1.54) is 0 Å². The van der Waals surface area contributed by atoms with Crippen LogP contribution in [0.25, 0.3) is 10.9 Å². The lowest BCUT2D eigenvalue weighted by Crippen LogP contribution is -2.49. The Kier molecular flexibility index (Phi) is 6.40. The molecule has 2 saturated heterocycles. The molecule has 1 amide bonds. The molecule has 0 N–H and O–H groups in total. The molecule has 0 radical (unpaired) electrons. The van der Waals surface area contributed by atoms with Crippen molar-refractivity contribution in [2.75, 3.05) is 50.7 Å². The van der Waals surface area contributed by atoms with Crippen LogP contribution < -0.4 is 4.90 Å². The largest absolute Gasteiger partial charge is 0.370 e. The Bertz CT molecular complexity index is 956. The third kappa shape index (κ3) is 4.38. The van der Waals surface area contributed by atoms with Gasteiger partial charge in [-0.1, -0.05) is 18.5 Å². The Morgan fingerprint density at radius 2 is 1.93 bits per heavy atom. The second-order valence-corrected chi connectivity index (χ2v) is 8.68. The summed E-state index contributed by atoms with van der Waals surface area (Å²) in [4.78, 5) is 23.8. The number of pyridine rings is 1. The summed E-state index contributed by atoms with van der Waals surface area (Å²) in [5.74, 6) is 0.697. The first kappa shape index (κ1) is 20.9. The molecule has 6 nitrogen and oxygen atoms in total. The zero-order chi connectivity index (χ0) is 21.1. The number of nitrogens with zero attached hydrogens (tertiary/aromatic N) is 5. The Labute approximate surface area is 183 Å². The molecular formula is C23H28ClN5O. The van der Waals surface area contributed by atoms with E-state index < -0.39 is 0 Å². The fraction of sp³-hybridized carbons (Fsp3) is 0.522. The lowest BCUT2D eigenvalue weighted by Gasteiger charge is -2.37. The van der Waals surface area contributed by atoms with Crippen molar-refractivity contribution in [1.29, 1.82) is 5.26 Å². The molecule has 0 atom stereocenters. The molecule has 0 saturated carbocycles. The normalized spacial score (nSPS) is 18.6. The summed E-state index contributed by atoms with van der Waals surface area (Å²) >= 11 is 6.22. The Morgan fingerprint density at radius 3 is 2.60 bits per heavy atom. The average molecular weight is 426 g/mol. The molecule has 7 heteroatoms. The van der Waals surface area contributed by atoms with Crippen LogP contribution >= 0.6 is 11.6 Å². The topological polar surface area (TPSA) is 63.5 Å². The van der Waals surface area contributed by atoms with E-state index >= 15 is 0 Å². The lowest BCUT2D eigenvalue weighted by molar-refractivity contribution is -0.134. The number of carbonyl (C=O) groups is 1. The molecule has 3 heterocycles. The quantitative estimate of drug-likeness (QED) is 0.749. The van der Waals surface area contributed by atoms with Gasteiger partial charge in [-0.2, -0.15) is 5.26 Å². The van der Waals surface area contributed by atoms with Crippen LogP contribution in [-0.2, 0) is 4.79 Å². The average Bonchev–Trinajstić information content (AvgIpc) is 2.79. The van der Waals surface area contributed by atoms with Gasteiger partial charge in [-0.05, 0) is 43.5 Å². The number of aromatic nitrogens is 1.